The van der Waals surface area contributed by atoms with Crippen molar-refractivity contribution in [3.05, 3.63) is 24.4 Å². The zero-order chi connectivity index (χ0) is 12.7. The van der Waals surface area contributed by atoms with Crippen LogP contribution in [0.25, 0.3) is 0 Å². The van der Waals surface area contributed by atoms with Crippen molar-refractivity contribution in [2.45, 2.75) is 0 Å². The molecule has 1 aromatic heterocycles. The number of hydrogen-bond acceptors (Lipinski definition) is 5. The number of pyridine rings is 1. The Morgan fingerprint density at radius 2 is 2.12 bits per heavy atom. The molecule has 1 aliphatic rings. The average Bonchev–Trinajstić information content (AvgIpc) is 2.30. The number of nitrogens with zero attached hydrogens (tertiary/aromatic N) is 2. The molecule has 1 saturated heterocycles. The summed E-state index contributed by atoms with van der Waals surface area (Å²) in [6.07, 6.45) is 1.68. The van der Waals surface area contributed by atoms with E-state index in [0.717, 1.165) is 0 Å². The molecule has 1 aromatic rings. The zero-order valence-electron chi connectivity index (χ0n) is 8.98. The van der Waals surface area contributed by atoms with Crippen molar-refractivity contribution in [3.63, 3.8) is 0 Å². The van der Waals surface area contributed by atoms with Crippen LogP contribution in [-0.4, -0.2) is 39.1 Å². The Morgan fingerprint density at radius 3 is 2.65 bits per heavy atom. The van der Waals surface area contributed by atoms with Gasteiger partial charge in [0.25, 0.3) is 5.91 Å². The number of amides is 1. The second-order valence-corrected chi connectivity index (χ2v) is 3.64. The minimum atomic E-state index is -2.62. The summed E-state index contributed by atoms with van der Waals surface area (Å²) in [6, 6.07) is 5.52. The Hall–Kier alpha value is -1.51. The highest BCUT2D eigenvalue weighted by atomic mass is 32.2. The second kappa shape index (κ2) is 6.94. The van der Waals surface area contributed by atoms with Gasteiger partial charge in [-0.15, -0.1) is 0 Å². The molecule has 0 atom stereocenters. The van der Waals surface area contributed by atoms with Crippen LogP contribution in [0.5, 0.6) is 0 Å². The molecule has 17 heavy (non-hydrogen) atoms. The third-order valence-corrected chi connectivity index (χ3v) is 1.91. The Labute approximate surface area is 100 Å². The van der Waals surface area contributed by atoms with Gasteiger partial charge in [-0.1, -0.05) is 6.07 Å². The maximum Gasteiger partial charge on any atom is 0.254 e. The van der Waals surface area contributed by atoms with E-state index in [1.54, 1.807) is 11.1 Å². The van der Waals surface area contributed by atoms with Crippen molar-refractivity contribution in [3.8, 4) is 0 Å². The molecule has 1 fully saturated rings. The van der Waals surface area contributed by atoms with E-state index in [1.165, 1.54) is 0 Å². The van der Waals surface area contributed by atoms with Crippen molar-refractivity contribution in [1.29, 1.82) is 0 Å². The molecule has 2 rings (SSSR count). The molecule has 1 amide bonds. The van der Waals surface area contributed by atoms with E-state index in [-0.39, 0.29) is 12.5 Å². The lowest BCUT2D eigenvalue weighted by Gasteiger charge is -2.25. The van der Waals surface area contributed by atoms with Crippen molar-refractivity contribution in [2.75, 3.05) is 24.7 Å². The summed E-state index contributed by atoms with van der Waals surface area (Å²) >= 11 is 0. The molecule has 0 aromatic carbocycles. The van der Waals surface area contributed by atoms with Crippen LogP contribution in [0.1, 0.15) is 0 Å². The Bertz CT molecular complexity index is 427. The lowest BCUT2D eigenvalue weighted by atomic mass is 10.3. The fourth-order valence-electron chi connectivity index (χ4n) is 1.27. The Morgan fingerprint density at radius 1 is 1.41 bits per heavy atom. The number of anilines is 1. The smallest absolute Gasteiger partial charge is 0.254 e. The van der Waals surface area contributed by atoms with Gasteiger partial charge in [0.05, 0.1) is 13.2 Å². The van der Waals surface area contributed by atoms with Gasteiger partial charge < -0.3 is 4.74 Å². The molecule has 0 radical (unpaired) electrons. The Kier molecular flexibility index (Phi) is 5.53. The van der Waals surface area contributed by atoms with Crippen LogP contribution < -0.4 is 10.0 Å². The summed E-state index contributed by atoms with van der Waals surface area (Å²) in [5.41, 5.74) is 0. The Balaban J connectivity index is 0.000000317. The largest absolute Gasteiger partial charge is 0.370 e. The van der Waals surface area contributed by atoms with Crippen LogP contribution in [-0.2, 0) is 20.4 Å². The van der Waals surface area contributed by atoms with Crippen LogP contribution in [0.15, 0.2) is 24.4 Å². The molecule has 7 nitrogen and oxygen atoms in total. The van der Waals surface area contributed by atoms with Crippen molar-refractivity contribution < 1.29 is 17.9 Å². The molecule has 0 unspecified atom stereocenters. The van der Waals surface area contributed by atoms with Gasteiger partial charge in [0.15, 0.2) is 10.9 Å². The number of hydrogen-bond donors (Lipinski definition) is 2. The fourth-order valence-corrected chi connectivity index (χ4v) is 1.27. The lowest BCUT2D eigenvalue weighted by Crippen LogP contribution is -2.42. The first-order chi connectivity index (χ1) is 8.11. The molecule has 2 heterocycles. The van der Waals surface area contributed by atoms with Gasteiger partial charge in [-0.25, -0.2) is 18.5 Å². The normalized spacial score (nSPS) is 15.4. The summed E-state index contributed by atoms with van der Waals surface area (Å²) in [5, 5.41) is 4.06. The molecule has 94 valence electrons. The molecule has 0 spiro atoms. The average molecular weight is 259 g/mol. The minimum Gasteiger partial charge on any atom is -0.370 e. The molecule has 0 aliphatic carbocycles. The van der Waals surface area contributed by atoms with E-state index in [1.807, 2.05) is 18.2 Å². The van der Waals surface area contributed by atoms with E-state index >= 15 is 0 Å². The number of thiol groups is 1. The first kappa shape index (κ1) is 13.6. The lowest BCUT2D eigenvalue weighted by molar-refractivity contribution is -0.125. The standard InChI is InChI=1S/C9H10N2O2.H3NO2S/c12-9-7-13-6-5-11(9)8-3-1-2-4-10-8;1-4(2)3/h1-4H,5-7H2;4H,(H2,1,2,3). The van der Waals surface area contributed by atoms with E-state index in [9.17, 15) is 4.79 Å². The van der Waals surface area contributed by atoms with Crippen molar-refractivity contribution in [1.82, 2.24) is 4.98 Å². The second-order valence-electron chi connectivity index (χ2n) is 3.07. The number of carbonyl (C=O) groups is 1. The van der Waals surface area contributed by atoms with Crippen molar-refractivity contribution in [2.24, 2.45) is 5.14 Å². The van der Waals surface area contributed by atoms with E-state index in [0.29, 0.717) is 19.0 Å². The quantitative estimate of drug-likeness (QED) is 0.624. The highest BCUT2D eigenvalue weighted by Crippen LogP contribution is 2.11. The first-order valence-electron chi connectivity index (χ1n) is 4.79. The van der Waals surface area contributed by atoms with Gasteiger partial charge in [-0.3, -0.25) is 9.69 Å². The van der Waals surface area contributed by atoms with Crippen LogP contribution in [0, 0.1) is 0 Å². The number of aromatic nitrogens is 1. The zero-order valence-corrected chi connectivity index (χ0v) is 9.88. The van der Waals surface area contributed by atoms with Crippen molar-refractivity contribution >= 4 is 22.6 Å². The van der Waals surface area contributed by atoms with Crippen LogP contribution in [0.4, 0.5) is 5.82 Å². The minimum absolute atomic E-state index is 0.0232. The van der Waals surface area contributed by atoms with Gasteiger partial charge in [0.2, 0.25) is 0 Å². The molecule has 8 heteroatoms. The number of rotatable bonds is 1. The van der Waals surface area contributed by atoms with Crippen LogP contribution in [0.3, 0.4) is 0 Å². The maximum atomic E-state index is 11.4. The molecule has 0 bridgehead atoms. The topological polar surface area (TPSA) is 103 Å². The summed E-state index contributed by atoms with van der Waals surface area (Å²) in [7, 11) is -2.62. The molecule has 0 saturated carbocycles. The van der Waals surface area contributed by atoms with E-state index in [2.05, 4.69) is 10.1 Å². The number of nitrogens with two attached hydrogens (primary N) is 1. The van der Waals surface area contributed by atoms with Gasteiger partial charge in [0, 0.05) is 6.20 Å². The number of ether oxygens (including phenoxy) is 1. The summed E-state index contributed by atoms with van der Waals surface area (Å²) in [4.78, 5) is 17.1. The van der Waals surface area contributed by atoms with E-state index in [4.69, 9.17) is 13.2 Å². The van der Waals surface area contributed by atoms with Crippen LogP contribution >= 0.6 is 0 Å². The van der Waals surface area contributed by atoms with Gasteiger partial charge in [-0.2, -0.15) is 0 Å². The van der Waals surface area contributed by atoms with Crippen LogP contribution in [0.2, 0.25) is 0 Å². The van der Waals surface area contributed by atoms with Gasteiger partial charge in [-0.05, 0) is 12.1 Å². The molecular formula is C9H13N3O4S. The summed E-state index contributed by atoms with van der Waals surface area (Å²) in [6.45, 7) is 1.34. The predicted octanol–water partition coefficient (Wildman–Crippen LogP) is -1.08. The maximum absolute atomic E-state index is 11.4. The molecular weight excluding hydrogens is 246 g/mol. The highest BCUT2D eigenvalue weighted by Gasteiger charge is 2.20. The number of morpholine rings is 1. The summed E-state index contributed by atoms with van der Waals surface area (Å²) in [5.74, 6) is 0.681. The number of carbonyl (C=O) groups excluding carboxylic acids is 1. The SMILES string of the molecule is N[SH](=O)=O.O=C1COCCN1c1ccccn1. The predicted molar refractivity (Wildman–Crippen MR) is 61.9 cm³/mol. The van der Waals surface area contributed by atoms with Gasteiger partial charge in [0.1, 0.15) is 12.4 Å². The third-order valence-electron chi connectivity index (χ3n) is 1.91. The van der Waals surface area contributed by atoms with E-state index < -0.39 is 10.9 Å². The monoisotopic (exact) mass is 259 g/mol. The molecule has 2 N–H and O–H groups in total. The van der Waals surface area contributed by atoms with Gasteiger partial charge >= 0.3 is 0 Å². The molecule has 1 aliphatic heterocycles. The summed E-state index contributed by atoms with van der Waals surface area (Å²) < 4.78 is 22.6. The first-order valence-corrected chi connectivity index (χ1v) is 6.04. The fraction of sp³-hybridized carbons (Fsp3) is 0.333. The third kappa shape index (κ3) is 4.89. The highest BCUT2D eigenvalue weighted by molar-refractivity contribution is 7.69.